The van der Waals surface area contributed by atoms with Crippen LogP contribution in [0.3, 0.4) is 0 Å². The third kappa shape index (κ3) is 1.92. The van der Waals surface area contributed by atoms with Gasteiger partial charge in [-0.1, -0.05) is 0 Å². The second kappa shape index (κ2) is 4.02. The van der Waals surface area contributed by atoms with Crippen LogP contribution in [0, 0.1) is 0 Å². The molecule has 18 heavy (non-hydrogen) atoms. The smallest absolute Gasteiger partial charge is 0.353 e. The molecule has 0 atom stereocenters. The molecule has 6 nitrogen and oxygen atoms in total. The molecule has 2 rings (SSSR count). The van der Waals surface area contributed by atoms with Gasteiger partial charge in [0.05, 0.1) is 18.9 Å². The van der Waals surface area contributed by atoms with E-state index in [1.54, 1.807) is 12.1 Å². The molecule has 7 heteroatoms. The summed E-state index contributed by atoms with van der Waals surface area (Å²) in [4.78, 5) is 11.1. The summed E-state index contributed by atoms with van der Waals surface area (Å²) < 4.78 is 29.1. The topological polar surface area (TPSA) is 85.6 Å². The van der Waals surface area contributed by atoms with Crippen molar-refractivity contribution in [2.45, 2.75) is 0 Å². The van der Waals surface area contributed by atoms with Gasteiger partial charge < -0.3 is 9.84 Å². The van der Waals surface area contributed by atoms with E-state index in [9.17, 15) is 13.2 Å². The Bertz CT molecular complexity index is 729. The Morgan fingerprint density at radius 2 is 2.00 bits per heavy atom. The van der Waals surface area contributed by atoms with E-state index in [0.717, 1.165) is 10.2 Å². The molecule has 1 aromatic carbocycles. The summed E-state index contributed by atoms with van der Waals surface area (Å²) >= 11 is 0. The highest BCUT2D eigenvalue weighted by molar-refractivity contribution is 7.89. The van der Waals surface area contributed by atoms with Gasteiger partial charge in [-0.3, -0.25) is 0 Å². The van der Waals surface area contributed by atoms with E-state index in [4.69, 9.17) is 9.84 Å². The molecule has 0 saturated heterocycles. The first-order valence-corrected chi connectivity index (χ1v) is 6.83. The highest BCUT2D eigenvalue weighted by atomic mass is 32.2. The average Bonchev–Trinajstić information content (AvgIpc) is 2.66. The van der Waals surface area contributed by atoms with Crippen LogP contribution in [0.15, 0.2) is 24.3 Å². The summed E-state index contributed by atoms with van der Waals surface area (Å²) in [5.74, 6) is -0.763. The van der Waals surface area contributed by atoms with Crippen molar-refractivity contribution in [2.24, 2.45) is 0 Å². The van der Waals surface area contributed by atoms with Crippen LogP contribution in [0.4, 0.5) is 0 Å². The number of carboxylic acid groups (broad SMARTS) is 1. The number of methoxy groups -OCH3 is 1. The number of benzene rings is 1. The number of hydrogen-bond donors (Lipinski definition) is 1. The first kappa shape index (κ1) is 12.4. The van der Waals surface area contributed by atoms with Gasteiger partial charge in [0.15, 0.2) is 0 Å². The molecule has 2 aromatic rings. The Kier molecular flexibility index (Phi) is 2.78. The lowest BCUT2D eigenvalue weighted by molar-refractivity contribution is 0.0689. The molecule has 0 spiro atoms. The lowest BCUT2D eigenvalue weighted by atomic mass is 10.2. The molecule has 0 aliphatic heterocycles. The van der Waals surface area contributed by atoms with Gasteiger partial charge in [-0.05, 0) is 24.3 Å². The summed E-state index contributed by atoms with van der Waals surface area (Å²) in [5.41, 5.74) is 0.0245. The first-order chi connectivity index (χ1) is 8.34. The van der Waals surface area contributed by atoms with Crippen LogP contribution in [-0.2, 0) is 10.0 Å². The van der Waals surface area contributed by atoms with Crippen LogP contribution in [-0.4, -0.2) is 36.8 Å². The maximum Gasteiger partial charge on any atom is 0.353 e. The molecule has 0 aliphatic carbocycles. The molecule has 1 N–H and O–H groups in total. The highest BCUT2D eigenvalue weighted by Gasteiger charge is 2.21. The number of aromatic carboxylic acids is 1. The number of ether oxygens (including phenoxy) is 1. The normalized spacial score (nSPS) is 11.7. The van der Waals surface area contributed by atoms with E-state index in [1.807, 2.05) is 0 Å². The maximum atomic E-state index is 11.7. The number of carboxylic acids is 1. The Hall–Kier alpha value is -2.02. The average molecular weight is 269 g/mol. The lowest BCUT2D eigenvalue weighted by Crippen LogP contribution is -2.16. The lowest BCUT2D eigenvalue weighted by Gasteiger charge is -2.05. The molecular formula is C11H11NO5S. The molecule has 0 fully saturated rings. The molecule has 0 radical (unpaired) electrons. The van der Waals surface area contributed by atoms with Gasteiger partial charge >= 0.3 is 5.97 Å². The van der Waals surface area contributed by atoms with Crippen LogP contribution in [0.1, 0.15) is 10.5 Å². The van der Waals surface area contributed by atoms with Gasteiger partial charge in [0.1, 0.15) is 11.4 Å². The van der Waals surface area contributed by atoms with E-state index >= 15 is 0 Å². The zero-order chi connectivity index (χ0) is 13.5. The quantitative estimate of drug-likeness (QED) is 0.903. The minimum absolute atomic E-state index is 0.291. The zero-order valence-corrected chi connectivity index (χ0v) is 10.6. The van der Waals surface area contributed by atoms with Crippen molar-refractivity contribution in [2.75, 3.05) is 13.4 Å². The molecule has 0 bridgehead atoms. The van der Waals surface area contributed by atoms with E-state index in [2.05, 4.69) is 0 Å². The third-order valence-corrected chi connectivity index (χ3v) is 3.57. The van der Waals surface area contributed by atoms with Crippen LogP contribution in [0.5, 0.6) is 5.75 Å². The van der Waals surface area contributed by atoms with Crippen molar-refractivity contribution in [3.05, 3.63) is 30.0 Å². The monoisotopic (exact) mass is 269 g/mol. The van der Waals surface area contributed by atoms with Crippen LogP contribution >= 0.6 is 0 Å². The fourth-order valence-corrected chi connectivity index (χ4v) is 2.81. The molecular weight excluding hydrogens is 258 g/mol. The molecule has 1 heterocycles. The van der Waals surface area contributed by atoms with Crippen molar-refractivity contribution >= 4 is 26.9 Å². The largest absolute Gasteiger partial charge is 0.497 e. The van der Waals surface area contributed by atoms with Crippen molar-refractivity contribution in [1.29, 1.82) is 0 Å². The molecule has 0 saturated carbocycles. The number of rotatable bonds is 3. The summed E-state index contributed by atoms with van der Waals surface area (Å²) in [6.45, 7) is 0. The third-order valence-electron chi connectivity index (χ3n) is 2.52. The Morgan fingerprint density at radius 3 is 2.50 bits per heavy atom. The van der Waals surface area contributed by atoms with E-state index in [1.165, 1.54) is 19.2 Å². The highest BCUT2D eigenvalue weighted by Crippen LogP contribution is 2.25. The van der Waals surface area contributed by atoms with Gasteiger partial charge in [-0.2, -0.15) is 0 Å². The molecule has 0 amide bonds. The fraction of sp³-hybridized carbons (Fsp3) is 0.182. The number of nitrogens with zero attached hydrogens (tertiary/aromatic N) is 1. The van der Waals surface area contributed by atoms with Gasteiger partial charge in [-0.15, -0.1) is 0 Å². The standard InChI is InChI=1S/C11H11NO5S/c1-17-8-3-4-9-7(5-8)6-10(11(13)14)12(9)18(2,15)16/h3-6H,1-2H3,(H,13,14). The predicted molar refractivity (Wildman–Crippen MR) is 65.7 cm³/mol. The maximum absolute atomic E-state index is 11.7. The summed E-state index contributed by atoms with van der Waals surface area (Å²) in [5, 5.41) is 9.54. The minimum Gasteiger partial charge on any atom is -0.497 e. The fourth-order valence-electron chi connectivity index (χ4n) is 1.80. The Labute approximate surface area is 103 Å². The van der Waals surface area contributed by atoms with E-state index < -0.39 is 16.0 Å². The van der Waals surface area contributed by atoms with Gasteiger partial charge in [0.2, 0.25) is 10.0 Å². The van der Waals surface area contributed by atoms with Gasteiger partial charge in [0, 0.05) is 5.39 Å². The van der Waals surface area contributed by atoms with E-state index in [-0.39, 0.29) is 5.69 Å². The minimum atomic E-state index is -3.69. The second-order valence-corrected chi connectivity index (χ2v) is 5.62. The van der Waals surface area contributed by atoms with Crippen LogP contribution in [0.2, 0.25) is 0 Å². The van der Waals surface area contributed by atoms with Crippen molar-refractivity contribution in [3.63, 3.8) is 0 Å². The SMILES string of the molecule is COc1ccc2c(c1)cc(C(=O)O)n2S(C)(=O)=O. The molecule has 1 aromatic heterocycles. The van der Waals surface area contributed by atoms with E-state index in [0.29, 0.717) is 16.7 Å². The summed E-state index contributed by atoms with van der Waals surface area (Å²) in [7, 11) is -2.21. The number of fused-ring (bicyclic) bond motifs is 1. The van der Waals surface area contributed by atoms with Gasteiger partial charge in [-0.25, -0.2) is 17.2 Å². The molecule has 0 aliphatic rings. The summed E-state index contributed by atoms with van der Waals surface area (Å²) in [6, 6.07) is 5.99. The van der Waals surface area contributed by atoms with Crippen LogP contribution in [0.25, 0.3) is 10.9 Å². The summed E-state index contributed by atoms with van der Waals surface area (Å²) in [6.07, 6.45) is 0.961. The second-order valence-electron chi connectivity index (χ2n) is 3.79. The number of carbonyl (C=O) groups is 1. The number of aromatic nitrogens is 1. The molecule has 0 unspecified atom stereocenters. The Balaban J connectivity index is 2.89. The van der Waals surface area contributed by atoms with Crippen molar-refractivity contribution < 1.29 is 23.1 Å². The number of hydrogen-bond acceptors (Lipinski definition) is 4. The molecule has 96 valence electrons. The Morgan fingerprint density at radius 1 is 1.33 bits per heavy atom. The van der Waals surface area contributed by atoms with Gasteiger partial charge in [0.25, 0.3) is 0 Å². The van der Waals surface area contributed by atoms with Crippen molar-refractivity contribution in [3.8, 4) is 5.75 Å². The van der Waals surface area contributed by atoms with Crippen molar-refractivity contribution in [1.82, 2.24) is 3.97 Å². The zero-order valence-electron chi connectivity index (χ0n) is 9.75. The predicted octanol–water partition coefficient (Wildman–Crippen LogP) is 1.16. The van der Waals surface area contributed by atoms with Crippen LogP contribution < -0.4 is 4.74 Å². The first-order valence-electron chi connectivity index (χ1n) is 4.98.